The highest BCUT2D eigenvalue weighted by Gasteiger charge is 2.11. The van der Waals surface area contributed by atoms with E-state index in [1.165, 1.54) is 0 Å². The first-order chi connectivity index (χ1) is 7.69. The lowest BCUT2D eigenvalue weighted by atomic mass is 10.2. The topological polar surface area (TPSA) is 51.2 Å². The molecular weight excluding hydrogens is 272 g/mol. The van der Waals surface area contributed by atoms with Crippen molar-refractivity contribution in [2.75, 3.05) is 7.05 Å². The van der Waals surface area contributed by atoms with E-state index in [9.17, 15) is 0 Å². The third-order valence-corrected chi connectivity index (χ3v) is 2.77. The molecule has 1 N–H and O–H groups in total. The van der Waals surface area contributed by atoms with Crippen LogP contribution in [0.15, 0.2) is 31.9 Å². The number of oxazole rings is 1. The first kappa shape index (κ1) is 11.4. The monoisotopic (exact) mass is 284 g/mol. The molecule has 86 valence electrons. The molecule has 4 nitrogen and oxygen atoms in total. The lowest BCUT2D eigenvalue weighted by Crippen LogP contribution is -2.23. The molecule has 0 amide bonds. The summed E-state index contributed by atoms with van der Waals surface area (Å²) in [6.07, 6.45) is 2.50. The molecule has 0 bridgehead atoms. The SMILES string of the molecule is CNC(C)Cc1coc(-c2ccc(Br)o2)n1. The number of furan rings is 1. The van der Waals surface area contributed by atoms with E-state index < -0.39 is 0 Å². The van der Waals surface area contributed by atoms with Crippen molar-refractivity contribution >= 4 is 15.9 Å². The van der Waals surface area contributed by atoms with Gasteiger partial charge in [0.15, 0.2) is 10.4 Å². The minimum Gasteiger partial charge on any atom is -0.444 e. The van der Waals surface area contributed by atoms with E-state index in [0.29, 0.717) is 22.4 Å². The normalized spacial score (nSPS) is 12.9. The number of hydrogen-bond acceptors (Lipinski definition) is 4. The number of likely N-dealkylation sites (N-methyl/N-ethyl adjacent to an activating group) is 1. The molecule has 1 unspecified atom stereocenters. The van der Waals surface area contributed by atoms with E-state index in [2.05, 4.69) is 33.2 Å². The van der Waals surface area contributed by atoms with Crippen LogP contribution in [0.4, 0.5) is 0 Å². The first-order valence-electron chi connectivity index (χ1n) is 5.06. The van der Waals surface area contributed by atoms with E-state index in [-0.39, 0.29) is 0 Å². The van der Waals surface area contributed by atoms with Gasteiger partial charge in [0.2, 0.25) is 0 Å². The van der Waals surface area contributed by atoms with Crippen LogP contribution in [0.25, 0.3) is 11.7 Å². The predicted octanol–water partition coefficient (Wildman–Crippen LogP) is 2.85. The molecule has 5 heteroatoms. The summed E-state index contributed by atoms with van der Waals surface area (Å²) in [6, 6.07) is 4.01. The van der Waals surface area contributed by atoms with E-state index in [4.69, 9.17) is 8.83 Å². The average Bonchev–Trinajstić information content (AvgIpc) is 2.87. The fourth-order valence-corrected chi connectivity index (χ4v) is 1.67. The zero-order valence-electron chi connectivity index (χ0n) is 9.16. The van der Waals surface area contributed by atoms with Crippen LogP contribution in [0.3, 0.4) is 0 Å². The third-order valence-electron chi connectivity index (χ3n) is 2.34. The molecule has 0 aliphatic rings. The van der Waals surface area contributed by atoms with Gasteiger partial charge in [0.05, 0.1) is 5.69 Å². The summed E-state index contributed by atoms with van der Waals surface area (Å²) in [7, 11) is 1.93. The van der Waals surface area contributed by atoms with Crippen LogP contribution < -0.4 is 5.32 Å². The van der Waals surface area contributed by atoms with Gasteiger partial charge in [-0.3, -0.25) is 0 Å². The van der Waals surface area contributed by atoms with Crippen LogP contribution in [-0.4, -0.2) is 18.1 Å². The fourth-order valence-electron chi connectivity index (χ4n) is 1.36. The summed E-state index contributed by atoms with van der Waals surface area (Å²) < 4.78 is 11.4. The van der Waals surface area contributed by atoms with Crippen LogP contribution in [0.1, 0.15) is 12.6 Å². The number of nitrogens with zero attached hydrogens (tertiary/aromatic N) is 1. The Morgan fingerprint density at radius 3 is 2.94 bits per heavy atom. The number of aromatic nitrogens is 1. The summed E-state index contributed by atoms with van der Waals surface area (Å²) in [5.41, 5.74) is 0.921. The Bertz CT molecular complexity index is 464. The Morgan fingerprint density at radius 2 is 2.31 bits per heavy atom. The second-order valence-corrected chi connectivity index (χ2v) is 4.42. The third kappa shape index (κ3) is 2.54. The maximum Gasteiger partial charge on any atom is 0.263 e. The lowest BCUT2D eigenvalue weighted by molar-refractivity contribution is 0.504. The Kier molecular flexibility index (Phi) is 3.46. The molecule has 0 fully saturated rings. The molecule has 0 aliphatic heterocycles. The number of rotatable bonds is 4. The van der Waals surface area contributed by atoms with Crippen molar-refractivity contribution in [3.63, 3.8) is 0 Å². The minimum atomic E-state index is 0.376. The highest BCUT2D eigenvalue weighted by Crippen LogP contribution is 2.24. The summed E-state index contributed by atoms with van der Waals surface area (Å²) in [4.78, 5) is 4.36. The van der Waals surface area contributed by atoms with Gasteiger partial charge in [-0.05, 0) is 42.0 Å². The maximum atomic E-state index is 5.36. The Hall–Kier alpha value is -1.07. The standard InChI is InChI=1S/C11H13BrN2O2/c1-7(13-2)5-8-6-15-11(14-8)9-3-4-10(12)16-9/h3-4,6-7,13H,5H2,1-2H3. The zero-order valence-corrected chi connectivity index (χ0v) is 10.7. The highest BCUT2D eigenvalue weighted by atomic mass is 79.9. The lowest BCUT2D eigenvalue weighted by Gasteiger charge is -2.05. The number of halogens is 1. The fraction of sp³-hybridized carbons (Fsp3) is 0.364. The van der Waals surface area contributed by atoms with Crippen molar-refractivity contribution < 1.29 is 8.83 Å². The van der Waals surface area contributed by atoms with Gasteiger partial charge in [0.25, 0.3) is 5.89 Å². The molecule has 0 radical (unpaired) electrons. The first-order valence-corrected chi connectivity index (χ1v) is 5.85. The predicted molar refractivity (Wildman–Crippen MR) is 64.1 cm³/mol. The van der Waals surface area contributed by atoms with Crippen LogP contribution in [-0.2, 0) is 6.42 Å². The van der Waals surface area contributed by atoms with Gasteiger partial charge in [0.1, 0.15) is 6.26 Å². The molecule has 0 spiro atoms. The van der Waals surface area contributed by atoms with Crippen LogP contribution in [0.2, 0.25) is 0 Å². The minimum absolute atomic E-state index is 0.376. The van der Waals surface area contributed by atoms with Gasteiger partial charge in [0, 0.05) is 12.5 Å². The summed E-state index contributed by atoms with van der Waals surface area (Å²) in [5, 5.41) is 3.15. The van der Waals surface area contributed by atoms with E-state index in [0.717, 1.165) is 12.1 Å². The average molecular weight is 285 g/mol. The number of hydrogen-bond donors (Lipinski definition) is 1. The second kappa shape index (κ2) is 4.84. The molecule has 0 aromatic carbocycles. The smallest absolute Gasteiger partial charge is 0.263 e. The number of nitrogens with one attached hydrogen (secondary N) is 1. The van der Waals surface area contributed by atoms with Crippen molar-refractivity contribution in [2.24, 2.45) is 0 Å². The summed E-state index contributed by atoms with van der Waals surface area (Å²) >= 11 is 3.24. The van der Waals surface area contributed by atoms with Crippen molar-refractivity contribution in [3.05, 3.63) is 28.8 Å². The molecule has 1 atom stereocenters. The van der Waals surface area contributed by atoms with Gasteiger partial charge >= 0.3 is 0 Å². The highest BCUT2D eigenvalue weighted by molar-refractivity contribution is 9.10. The molecule has 16 heavy (non-hydrogen) atoms. The quantitative estimate of drug-likeness (QED) is 0.938. The van der Waals surface area contributed by atoms with E-state index >= 15 is 0 Å². The second-order valence-electron chi connectivity index (χ2n) is 3.64. The Labute approximate surface area is 102 Å². The van der Waals surface area contributed by atoms with Gasteiger partial charge in [-0.25, -0.2) is 4.98 Å². The molecule has 2 heterocycles. The van der Waals surface area contributed by atoms with Crippen molar-refractivity contribution in [1.29, 1.82) is 0 Å². The summed E-state index contributed by atoms with van der Waals surface area (Å²) in [6.45, 7) is 2.10. The van der Waals surface area contributed by atoms with Crippen LogP contribution in [0, 0.1) is 0 Å². The van der Waals surface area contributed by atoms with Crippen molar-refractivity contribution in [1.82, 2.24) is 10.3 Å². The molecule has 0 saturated heterocycles. The van der Waals surface area contributed by atoms with Crippen LogP contribution in [0.5, 0.6) is 0 Å². The van der Waals surface area contributed by atoms with Gasteiger partial charge in [-0.1, -0.05) is 0 Å². The van der Waals surface area contributed by atoms with Gasteiger partial charge in [-0.15, -0.1) is 0 Å². The molecular formula is C11H13BrN2O2. The maximum absolute atomic E-state index is 5.36. The van der Waals surface area contributed by atoms with Gasteiger partial charge in [-0.2, -0.15) is 0 Å². The van der Waals surface area contributed by atoms with E-state index in [1.807, 2.05) is 19.2 Å². The van der Waals surface area contributed by atoms with Gasteiger partial charge < -0.3 is 14.2 Å². The van der Waals surface area contributed by atoms with Crippen molar-refractivity contribution in [2.45, 2.75) is 19.4 Å². The largest absolute Gasteiger partial charge is 0.444 e. The molecule has 2 aromatic heterocycles. The molecule has 2 rings (SSSR count). The van der Waals surface area contributed by atoms with Crippen molar-refractivity contribution in [3.8, 4) is 11.7 Å². The van der Waals surface area contributed by atoms with E-state index in [1.54, 1.807) is 6.26 Å². The Balaban J connectivity index is 2.13. The molecule has 2 aromatic rings. The molecule has 0 aliphatic carbocycles. The summed E-state index contributed by atoms with van der Waals surface area (Å²) in [5.74, 6) is 1.15. The zero-order chi connectivity index (χ0) is 11.5. The van der Waals surface area contributed by atoms with Crippen LogP contribution >= 0.6 is 15.9 Å². The molecule has 0 saturated carbocycles. The Morgan fingerprint density at radius 1 is 1.50 bits per heavy atom.